The lowest BCUT2D eigenvalue weighted by molar-refractivity contribution is 0.0529. The van der Waals surface area contributed by atoms with Crippen LogP contribution in [0.15, 0.2) is 59.1 Å². The normalized spacial score (nSPS) is 14.1. The van der Waals surface area contributed by atoms with Gasteiger partial charge in [0, 0.05) is 36.2 Å². The Labute approximate surface area is 175 Å². The smallest absolute Gasteiger partial charge is 0.272 e. The molecule has 148 valence electrons. The minimum absolute atomic E-state index is 0.0555. The van der Waals surface area contributed by atoms with E-state index >= 15 is 0 Å². The second kappa shape index (κ2) is 8.16. The van der Waals surface area contributed by atoms with Gasteiger partial charge in [-0.25, -0.2) is 4.39 Å². The SMILES string of the molecule is O=C(c1cc(-c2ccc(Br)cc2)n[nH]1)N1CCN(C(=O)c2ccccc2F)CC1. The van der Waals surface area contributed by atoms with E-state index in [9.17, 15) is 14.0 Å². The first kappa shape index (κ1) is 19.3. The fourth-order valence-electron chi connectivity index (χ4n) is 3.29. The Morgan fingerprint density at radius 2 is 1.55 bits per heavy atom. The van der Waals surface area contributed by atoms with Crippen molar-refractivity contribution in [3.63, 3.8) is 0 Å². The summed E-state index contributed by atoms with van der Waals surface area (Å²) in [6.07, 6.45) is 0. The molecule has 2 aromatic carbocycles. The highest BCUT2D eigenvalue weighted by molar-refractivity contribution is 9.10. The standard InChI is InChI=1S/C21H18BrFN4O2/c22-15-7-5-14(6-8-15)18-13-19(25-24-18)21(29)27-11-9-26(10-12-27)20(28)16-3-1-2-4-17(16)23/h1-8,13H,9-12H2,(H,24,25). The Kier molecular flexibility index (Phi) is 5.44. The van der Waals surface area contributed by atoms with E-state index in [-0.39, 0.29) is 17.4 Å². The van der Waals surface area contributed by atoms with Crippen molar-refractivity contribution in [2.24, 2.45) is 0 Å². The third kappa shape index (κ3) is 4.07. The van der Waals surface area contributed by atoms with E-state index in [4.69, 9.17) is 0 Å². The third-order valence-corrected chi connectivity index (χ3v) is 5.44. The summed E-state index contributed by atoms with van der Waals surface area (Å²) < 4.78 is 14.8. The molecule has 1 fully saturated rings. The summed E-state index contributed by atoms with van der Waals surface area (Å²) in [5, 5.41) is 7.03. The van der Waals surface area contributed by atoms with Gasteiger partial charge in [-0.05, 0) is 30.3 Å². The van der Waals surface area contributed by atoms with Crippen LogP contribution >= 0.6 is 15.9 Å². The van der Waals surface area contributed by atoms with Crippen LogP contribution in [0.2, 0.25) is 0 Å². The van der Waals surface area contributed by atoms with Gasteiger partial charge in [-0.15, -0.1) is 0 Å². The van der Waals surface area contributed by atoms with Crippen molar-refractivity contribution >= 4 is 27.7 Å². The van der Waals surface area contributed by atoms with Gasteiger partial charge in [0.2, 0.25) is 0 Å². The van der Waals surface area contributed by atoms with E-state index < -0.39 is 5.82 Å². The van der Waals surface area contributed by atoms with E-state index in [1.165, 1.54) is 12.1 Å². The highest BCUT2D eigenvalue weighted by Crippen LogP contribution is 2.21. The molecule has 1 aromatic heterocycles. The summed E-state index contributed by atoms with van der Waals surface area (Å²) in [4.78, 5) is 28.5. The lowest BCUT2D eigenvalue weighted by Crippen LogP contribution is -2.50. The molecule has 3 aromatic rings. The number of piperazine rings is 1. The molecule has 0 atom stereocenters. The van der Waals surface area contributed by atoms with Crippen LogP contribution in [-0.2, 0) is 0 Å². The maximum atomic E-state index is 13.9. The fourth-order valence-corrected chi connectivity index (χ4v) is 3.55. The van der Waals surface area contributed by atoms with Crippen LogP contribution in [0.1, 0.15) is 20.8 Å². The first-order chi connectivity index (χ1) is 14.0. The van der Waals surface area contributed by atoms with Crippen LogP contribution in [0, 0.1) is 5.82 Å². The zero-order valence-corrected chi connectivity index (χ0v) is 17.0. The average Bonchev–Trinajstić information content (AvgIpc) is 3.24. The predicted molar refractivity (Wildman–Crippen MR) is 110 cm³/mol. The number of aromatic amines is 1. The highest BCUT2D eigenvalue weighted by Gasteiger charge is 2.27. The predicted octanol–water partition coefficient (Wildman–Crippen LogP) is 3.58. The number of nitrogens with one attached hydrogen (secondary N) is 1. The van der Waals surface area contributed by atoms with E-state index in [1.54, 1.807) is 28.0 Å². The van der Waals surface area contributed by atoms with Gasteiger partial charge < -0.3 is 9.80 Å². The summed E-state index contributed by atoms with van der Waals surface area (Å²) in [6, 6.07) is 15.3. The summed E-state index contributed by atoms with van der Waals surface area (Å²) in [6.45, 7) is 1.47. The second-order valence-corrected chi connectivity index (χ2v) is 7.65. The number of aromatic nitrogens is 2. The van der Waals surface area contributed by atoms with Crippen molar-refractivity contribution in [3.8, 4) is 11.3 Å². The lowest BCUT2D eigenvalue weighted by atomic mass is 10.1. The second-order valence-electron chi connectivity index (χ2n) is 6.74. The van der Waals surface area contributed by atoms with Crippen molar-refractivity contribution in [3.05, 3.63) is 76.1 Å². The average molecular weight is 457 g/mol. The largest absolute Gasteiger partial charge is 0.335 e. The van der Waals surface area contributed by atoms with Crippen LogP contribution in [0.4, 0.5) is 4.39 Å². The molecule has 4 rings (SSSR count). The molecule has 0 spiro atoms. The fraction of sp³-hybridized carbons (Fsp3) is 0.190. The van der Waals surface area contributed by atoms with Crippen molar-refractivity contribution in [1.29, 1.82) is 0 Å². The number of nitrogens with zero attached hydrogens (tertiary/aromatic N) is 3. The molecule has 0 saturated carbocycles. The summed E-state index contributed by atoms with van der Waals surface area (Å²) in [7, 11) is 0. The van der Waals surface area contributed by atoms with Gasteiger partial charge in [-0.2, -0.15) is 5.10 Å². The lowest BCUT2D eigenvalue weighted by Gasteiger charge is -2.34. The Balaban J connectivity index is 1.40. The van der Waals surface area contributed by atoms with Gasteiger partial charge in [-0.3, -0.25) is 14.7 Å². The number of hydrogen-bond acceptors (Lipinski definition) is 3. The molecule has 0 radical (unpaired) electrons. The van der Waals surface area contributed by atoms with Crippen molar-refractivity contribution in [2.45, 2.75) is 0 Å². The number of benzene rings is 2. The zero-order chi connectivity index (χ0) is 20.4. The number of hydrogen-bond donors (Lipinski definition) is 1. The molecule has 2 amide bonds. The molecular formula is C21H18BrFN4O2. The van der Waals surface area contributed by atoms with Crippen molar-refractivity contribution in [2.75, 3.05) is 26.2 Å². The van der Waals surface area contributed by atoms with E-state index in [1.807, 2.05) is 24.3 Å². The number of H-pyrrole nitrogens is 1. The molecule has 1 aliphatic rings. The monoisotopic (exact) mass is 456 g/mol. The Morgan fingerprint density at radius 3 is 2.21 bits per heavy atom. The molecule has 0 bridgehead atoms. The number of amides is 2. The first-order valence-corrected chi connectivity index (χ1v) is 9.96. The van der Waals surface area contributed by atoms with Gasteiger partial charge in [0.15, 0.2) is 0 Å². The van der Waals surface area contributed by atoms with E-state index in [0.717, 1.165) is 10.0 Å². The molecule has 6 nitrogen and oxygen atoms in total. The molecule has 1 saturated heterocycles. The topological polar surface area (TPSA) is 69.3 Å². The number of carbonyl (C=O) groups is 2. The van der Waals surface area contributed by atoms with E-state index in [0.29, 0.717) is 37.6 Å². The van der Waals surface area contributed by atoms with E-state index in [2.05, 4.69) is 26.1 Å². The molecule has 29 heavy (non-hydrogen) atoms. The minimum atomic E-state index is -0.533. The van der Waals surface area contributed by atoms with Crippen molar-refractivity contribution in [1.82, 2.24) is 20.0 Å². The Hall–Kier alpha value is -3.00. The third-order valence-electron chi connectivity index (χ3n) is 4.91. The summed E-state index contributed by atoms with van der Waals surface area (Å²) in [5.74, 6) is -1.05. The number of halogens is 2. The van der Waals surface area contributed by atoms with Crippen LogP contribution in [0.25, 0.3) is 11.3 Å². The quantitative estimate of drug-likeness (QED) is 0.654. The maximum Gasteiger partial charge on any atom is 0.272 e. The molecule has 2 heterocycles. The molecule has 1 N–H and O–H groups in total. The molecular weight excluding hydrogens is 439 g/mol. The van der Waals surface area contributed by atoms with Gasteiger partial charge in [-0.1, -0.05) is 40.2 Å². The van der Waals surface area contributed by atoms with Crippen LogP contribution < -0.4 is 0 Å². The first-order valence-electron chi connectivity index (χ1n) is 9.17. The van der Waals surface area contributed by atoms with Crippen LogP contribution in [-0.4, -0.2) is 58.0 Å². The molecule has 0 unspecified atom stereocenters. The van der Waals surface area contributed by atoms with Gasteiger partial charge in [0.05, 0.1) is 11.3 Å². The zero-order valence-electron chi connectivity index (χ0n) is 15.4. The molecule has 1 aliphatic heterocycles. The number of rotatable bonds is 3. The minimum Gasteiger partial charge on any atom is -0.335 e. The van der Waals surface area contributed by atoms with Gasteiger partial charge in [0.25, 0.3) is 11.8 Å². The maximum absolute atomic E-state index is 13.9. The molecule has 8 heteroatoms. The number of carbonyl (C=O) groups excluding carboxylic acids is 2. The summed E-state index contributed by atoms with van der Waals surface area (Å²) in [5.41, 5.74) is 2.05. The Bertz CT molecular complexity index is 1040. The molecule has 0 aliphatic carbocycles. The van der Waals surface area contributed by atoms with Crippen LogP contribution in [0.3, 0.4) is 0 Å². The Morgan fingerprint density at radius 1 is 0.931 bits per heavy atom. The van der Waals surface area contributed by atoms with Crippen molar-refractivity contribution < 1.29 is 14.0 Å². The summed E-state index contributed by atoms with van der Waals surface area (Å²) >= 11 is 3.39. The van der Waals surface area contributed by atoms with Gasteiger partial charge in [0.1, 0.15) is 11.5 Å². The highest BCUT2D eigenvalue weighted by atomic mass is 79.9. The van der Waals surface area contributed by atoms with Gasteiger partial charge >= 0.3 is 0 Å². The van der Waals surface area contributed by atoms with Crippen LogP contribution in [0.5, 0.6) is 0 Å².